The highest BCUT2D eigenvalue weighted by Crippen LogP contribution is 2.05. The predicted molar refractivity (Wildman–Crippen MR) is 265 cm³/mol. The minimum absolute atomic E-state index is 0.0105. The smallest absolute Gasteiger partial charge is 0.329 e. The number of aliphatic carboxylic acids is 5. The molecule has 0 aliphatic heterocycles. The fourth-order valence-electron chi connectivity index (χ4n) is 3.14. The Bertz CT molecular complexity index is 1910. The second kappa shape index (κ2) is 43.3. The van der Waals surface area contributed by atoms with Gasteiger partial charge in [-0.2, -0.15) is 0 Å². The fourth-order valence-corrected chi connectivity index (χ4v) is 6.61. The first-order valence-electron chi connectivity index (χ1n) is 21.4. The molecule has 0 aromatic rings. The molecule has 0 spiro atoms. The van der Waals surface area contributed by atoms with Crippen molar-refractivity contribution in [3.8, 4) is 0 Å². The second-order valence-corrected chi connectivity index (χ2v) is 23.6. The van der Waals surface area contributed by atoms with Crippen LogP contribution in [0.2, 0.25) is 0 Å². The highest BCUT2D eigenvalue weighted by atomic mass is 32.2. The van der Waals surface area contributed by atoms with E-state index in [4.69, 9.17) is 25.5 Å². The number of thioether (sulfide) groups is 1. The van der Waals surface area contributed by atoms with Gasteiger partial charge in [0, 0.05) is 52.6 Å². The first kappa shape index (κ1) is 78.1. The summed E-state index contributed by atoms with van der Waals surface area (Å²) in [6.07, 6.45) is 1.06. The number of Topliss-reactive ketones (excluding diaryl/α,β-unsaturated/α-hetero) is 6. The van der Waals surface area contributed by atoms with Gasteiger partial charge in [0.15, 0.2) is 31.2 Å². The lowest BCUT2D eigenvalue weighted by Crippen LogP contribution is -2.32. The molecule has 0 heterocycles. The Morgan fingerprint density at radius 1 is 0.465 bits per heavy atom. The van der Waals surface area contributed by atoms with E-state index in [9.17, 15) is 73.8 Å². The summed E-state index contributed by atoms with van der Waals surface area (Å²) < 4.78 is 63.1. The van der Waals surface area contributed by atoms with Crippen molar-refractivity contribution in [2.24, 2.45) is 35.5 Å². The molecule has 416 valence electrons. The maximum Gasteiger partial charge on any atom is 0.329 e. The molecule has 1 atom stereocenters. The van der Waals surface area contributed by atoms with E-state index in [-0.39, 0.29) is 108 Å². The zero-order valence-electron chi connectivity index (χ0n) is 43.1. The molecule has 0 aromatic carbocycles. The third kappa shape index (κ3) is 63.6. The first-order chi connectivity index (χ1) is 32.0. The minimum Gasteiger partial charge on any atom is -0.481 e. The van der Waals surface area contributed by atoms with Gasteiger partial charge in [0.05, 0.1) is 30.3 Å². The Morgan fingerprint density at radius 3 is 1.20 bits per heavy atom. The van der Waals surface area contributed by atoms with Gasteiger partial charge in [-0.3, -0.25) is 57.1 Å². The van der Waals surface area contributed by atoms with Crippen LogP contribution in [-0.4, -0.2) is 203 Å². The van der Waals surface area contributed by atoms with Crippen LogP contribution in [0.3, 0.4) is 0 Å². The number of likely N-dealkylation sites (N-methyl/N-ethyl adjacent to an activating group) is 1. The minimum atomic E-state index is -3.77. The Hall–Kier alpha value is -4.35. The van der Waals surface area contributed by atoms with E-state index in [0.29, 0.717) is 5.75 Å². The van der Waals surface area contributed by atoms with Crippen molar-refractivity contribution >= 4 is 107 Å². The molecule has 28 heteroatoms. The summed E-state index contributed by atoms with van der Waals surface area (Å²) in [6.45, 7) is 20.2. The third-order valence-corrected chi connectivity index (χ3v) is 11.6. The number of carboxylic acid groups (broad SMARTS) is 5. The van der Waals surface area contributed by atoms with Crippen molar-refractivity contribution in [3.05, 3.63) is 0 Å². The maximum atomic E-state index is 11.1. The van der Waals surface area contributed by atoms with Gasteiger partial charge < -0.3 is 35.0 Å². The van der Waals surface area contributed by atoms with E-state index in [2.05, 4.69) is 9.47 Å². The zero-order chi connectivity index (χ0) is 57.6. The maximum absolute atomic E-state index is 11.1. The van der Waals surface area contributed by atoms with Gasteiger partial charge in [-0.05, 0) is 7.05 Å². The van der Waals surface area contributed by atoms with Crippen molar-refractivity contribution in [1.82, 2.24) is 4.90 Å². The molecule has 0 amide bonds. The molecule has 24 nitrogen and oxygen atoms in total. The Labute approximate surface area is 424 Å². The van der Waals surface area contributed by atoms with Crippen LogP contribution in [0.25, 0.3) is 0 Å². The van der Waals surface area contributed by atoms with E-state index in [1.165, 1.54) is 4.90 Å². The van der Waals surface area contributed by atoms with Gasteiger partial charge in [0.25, 0.3) is 0 Å². The molecule has 0 rings (SSSR count). The Morgan fingerprint density at radius 2 is 0.873 bits per heavy atom. The summed E-state index contributed by atoms with van der Waals surface area (Å²) in [6, 6.07) is 0. The number of carboxylic acids is 5. The van der Waals surface area contributed by atoms with Gasteiger partial charge >= 0.3 is 29.8 Å². The number of rotatable bonds is 30. The molecule has 5 N–H and O–H groups in total. The number of sulfone groups is 2. The zero-order valence-corrected chi connectivity index (χ0v) is 46.4. The number of hydrogen-bond donors (Lipinski definition) is 5. The lowest BCUT2D eigenvalue weighted by atomic mass is 10.1. The van der Waals surface area contributed by atoms with Gasteiger partial charge in [-0.1, -0.05) is 83.1 Å². The summed E-state index contributed by atoms with van der Waals surface area (Å²) in [5, 5.41) is 41.2. The summed E-state index contributed by atoms with van der Waals surface area (Å²) in [5.41, 5.74) is 0. The van der Waals surface area contributed by atoms with Crippen molar-refractivity contribution in [3.63, 3.8) is 0 Å². The van der Waals surface area contributed by atoms with Crippen molar-refractivity contribution < 1.29 is 109 Å². The van der Waals surface area contributed by atoms with Crippen LogP contribution in [0.1, 0.15) is 83.1 Å². The normalized spacial score (nSPS) is 11.3. The molecule has 0 aliphatic rings. The fraction of sp³-hybridized carbons (Fsp3) is 0.744. The Balaban J connectivity index is -0.000000179. The highest BCUT2D eigenvalue weighted by molar-refractivity contribution is 8.00. The number of ether oxygens (including phenoxy) is 2. The van der Waals surface area contributed by atoms with Crippen molar-refractivity contribution in [1.29, 1.82) is 0 Å². The van der Waals surface area contributed by atoms with E-state index >= 15 is 0 Å². The summed E-state index contributed by atoms with van der Waals surface area (Å²) in [5.74, 6) is -9.10. The molecule has 0 aliphatic carbocycles. The molecular formula is C43H77NO23S4. The lowest BCUT2D eigenvalue weighted by molar-refractivity contribution is -0.144. The molecule has 1 unspecified atom stereocenters. The Kier molecular flexibility index (Phi) is 47.6. The van der Waals surface area contributed by atoms with Crippen LogP contribution in [0, 0.1) is 35.5 Å². The van der Waals surface area contributed by atoms with Crippen LogP contribution in [0.5, 0.6) is 0 Å². The second-order valence-electron chi connectivity index (χ2n) is 17.0. The van der Waals surface area contributed by atoms with E-state index < -0.39 is 90.0 Å². The first-order valence-corrected chi connectivity index (χ1v) is 27.9. The number of hydrogen-bond acceptors (Lipinski definition) is 20. The predicted octanol–water partition coefficient (Wildman–Crippen LogP) is 1.56. The molecule has 71 heavy (non-hydrogen) atoms. The lowest BCUT2D eigenvalue weighted by Gasteiger charge is -2.13. The number of nitrogens with zero attached hydrogens (tertiary/aromatic N) is 1. The average molecular weight is 1100 g/mol. The van der Waals surface area contributed by atoms with Gasteiger partial charge in [-0.15, -0.1) is 11.8 Å². The van der Waals surface area contributed by atoms with Gasteiger partial charge in [-0.25, -0.2) is 21.6 Å². The topological polar surface area (TPSA) is 396 Å². The largest absolute Gasteiger partial charge is 0.481 e. The molecule has 0 saturated carbocycles. The van der Waals surface area contributed by atoms with Gasteiger partial charge in [0.2, 0.25) is 0 Å². The molecular weight excluding hydrogens is 1030 g/mol. The molecule has 0 saturated heterocycles. The standard InChI is InChI=1S/C8H15NO3.C7H12O5S.C7H14O4S.C7H12O4S.C7H12O4.C7H12O3S/c1-6(2)7(10)4-9(3)5-8(11)12;1-5(2)6(8)3-13(11,12)4-7(9)10;1-6(2)7(8)4-11-5-12(3,9)10;1-5(2)6(8)3-12(11)4-7(9)10;2*1-5(2)6(8)3-11-4-7(9)10/h6H,4-5H2,1-3H3,(H,11,12);5H,3-4H2,1-2H3,(H,9,10);6H,4-5H2,1-3H3;5H,3-4H2,1-2H3,(H,9,10);2*5H,3-4H2,1-2H3,(H,9,10). The van der Waals surface area contributed by atoms with Gasteiger partial charge in [0.1, 0.15) is 66.2 Å². The van der Waals surface area contributed by atoms with Crippen LogP contribution in [-0.2, 0) is 92.7 Å². The highest BCUT2D eigenvalue weighted by Gasteiger charge is 2.22. The van der Waals surface area contributed by atoms with Crippen LogP contribution in [0.15, 0.2) is 0 Å². The monoisotopic (exact) mass is 1100 g/mol. The average Bonchev–Trinajstić information content (AvgIpc) is 3.16. The molecule has 0 bridgehead atoms. The number of ketones is 6. The van der Waals surface area contributed by atoms with E-state index in [1.807, 2.05) is 13.8 Å². The quantitative estimate of drug-likeness (QED) is 0.0681. The van der Waals surface area contributed by atoms with E-state index in [1.54, 1.807) is 76.3 Å². The summed E-state index contributed by atoms with van der Waals surface area (Å²) in [4.78, 5) is 117. The molecule has 0 fully saturated rings. The summed E-state index contributed by atoms with van der Waals surface area (Å²) in [7, 11) is -6.82. The van der Waals surface area contributed by atoms with Crippen molar-refractivity contribution in [2.45, 2.75) is 83.1 Å². The third-order valence-electron chi connectivity index (χ3n) is 7.47. The van der Waals surface area contributed by atoms with Crippen LogP contribution >= 0.6 is 11.8 Å². The van der Waals surface area contributed by atoms with Crippen molar-refractivity contribution in [2.75, 3.05) is 86.7 Å². The summed E-state index contributed by atoms with van der Waals surface area (Å²) >= 11 is 1.15. The SMILES string of the molecule is CC(C)C(=O)CN(C)CC(=O)O.CC(C)C(=O)COCC(=O)O.CC(C)C(=O)COCS(C)(=O)=O.CC(C)C(=O)CS(=O)(=O)CC(=O)O.CC(C)C(=O)CS(=O)CC(=O)O.CC(C)C(=O)CSCC(=O)O. The number of carbonyl (C=O) groups excluding carboxylic acids is 6. The molecule has 0 radical (unpaired) electrons. The van der Waals surface area contributed by atoms with Crippen LogP contribution in [0.4, 0.5) is 0 Å². The number of carbonyl (C=O) groups is 11. The van der Waals surface area contributed by atoms with Crippen LogP contribution < -0.4 is 0 Å². The van der Waals surface area contributed by atoms with E-state index in [0.717, 1.165) is 18.0 Å². The molecule has 0 aromatic heterocycles.